The predicted octanol–water partition coefficient (Wildman–Crippen LogP) is 0.300. The van der Waals surface area contributed by atoms with Gasteiger partial charge in [-0.25, -0.2) is 9.36 Å². The number of rotatable bonds is 6. The van der Waals surface area contributed by atoms with Gasteiger partial charge >= 0.3 is 0 Å². The Bertz CT molecular complexity index is 812. The van der Waals surface area contributed by atoms with Gasteiger partial charge in [-0.1, -0.05) is 16.5 Å². The van der Waals surface area contributed by atoms with Crippen LogP contribution in [0.1, 0.15) is 17.3 Å². The van der Waals surface area contributed by atoms with Crippen LogP contribution in [0.5, 0.6) is 0 Å². The molecule has 0 amide bonds. The van der Waals surface area contributed by atoms with Crippen molar-refractivity contribution in [3.05, 3.63) is 54.4 Å². The highest BCUT2D eigenvalue weighted by Gasteiger charge is 2.36. The molecule has 0 bridgehead atoms. The molecule has 0 unspecified atom stereocenters. The molecule has 3 aromatic rings. The lowest BCUT2D eigenvalue weighted by atomic mass is 10.1. The third-order valence-electron chi connectivity index (χ3n) is 4.82. The Morgan fingerprint density at radius 3 is 2.81 bits per heavy atom. The number of likely N-dealkylation sites (tertiary alicyclic amines) is 1. The van der Waals surface area contributed by atoms with E-state index in [1.807, 2.05) is 40.1 Å². The molecule has 1 aliphatic rings. The Hall–Kier alpha value is -2.65. The first kappa shape index (κ1) is 16.8. The summed E-state index contributed by atoms with van der Waals surface area (Å²) in [5.74, 6) is 0. The second-order valence-corrected chi connectivity index (χ2v) is 6.94. The van der Waals surface area contributed by atoms with Crippen LogP contribution >= 0.6 is 0 Å². The van der Waals surface area contributed by atoms with Gasteiger partial charge in [-0.2, -0.15) is 0 Å². The summed E-state index contributed by atoms with van der Waals surface area (Å²) in [4.78, 5) is 8.79. The highest BCUT2D eigenvalue weighted by Crippen LogP contribution is 2.25. The van der Waals surface area contributed by atoms with Crippen molar-refractivity contribution in [3.63, 3.8) is 0 Å². The standard InChI is InChI=1S/C17H23N9/c1-23(2)16-12-24(13-17(16)26-7-6-19-21-26)10-15-11-25(22-20-15)9-14-4-3-5-18-8-14/h3-8,11,16-17H,9-10,12-13H2,1-2H3/t16-,17+/m1/s1. The Morgan fingerprint density at radius 2 is 2.08 bits per heavy atom. The maximum absolute atomic E-state index is 4.34. The van der Waals surface area contributed by atoms with Gasteiger partial charge in [0.15, 0.2) is 0 Å². The van der Waals surface area contributed by atoms with E-state index in [-0.39, 0.29) is 6.04 Å². The Morgan fingerprint density at radius 1 is 1.15 bits per heavy atom. The van der Waals surface area contributed by atoms with Crippen molar-refractivity contribution in [3.8, 4) is 0 Å². The zero-order valence-corrected chi connectivity index (χ0v) is 15.0. The SMILES string of the molecule is CN(C)[C@@H]1CN(Cc2cn(Cc3cccnc3)nn2)C[C@@H]1n1ccnn1. The molecule has 136 valence electrons. The van der Waals surface area contributed by atoms with Crippen molar-refractivity contribution < 1.29 is 0 Å². The van der Waals surface area contributed by atoms with Crippen molar-refractivity contribution in [1.29, 1.82) is 0 Å². The molecule has 26 heavy (non-hydrogen) atoms. The molecule has 1 saturated heterocycles. The number of pyridine rings is 1. The Labute approximate surface area is 152 Å². The van der Waals surface area contributed by atoms with Gasteiger partial charge in [0.1, 0.15) is 0 Å². The van der Waals surface area contributed by atoms with Crippen molar-refractivity contribution in [2.45, 2.75) is 25.2 Å². The van der Waals surface area contributed by atoms with E-state index in [0.29, 0.717) is 12.6 Å². The van der Waals surface area contributed by atoms with Gasteiger partial charge in [-0.05, 0) is 25.7 Å². The molecule has 9 nitrogen and oxygen atoms in total. The molecule has 3 aromatic heterocycles. The molecule has 0 radical (unpaired) electrons. The minimum absolute atomic E-state index is 0.290. The second-order valence-electron chi connectivity index (χ2n) is 6.94. The zero-order chi connectivity index (χ0) is 17.9. The number of nitrogens with zero attached hydrogens (tertiary/aromatic N) is 9. The van der Waals surface area contributed by atoms with E-state index in [1.54, 1.807) is 12.4 Å². The number of hydrogen-bond donors (Lipinski definition) is 0. The maximum Gasteiger partial charge on any atom is 0.0967 e. The molecule has 4 rings (SSSR count). The van der Waals surface area contributed by atoms with Gasteiger partial charge in [0, 0.05) is 44.3 Å². The largest absolute Gasteiger partial charge is 0.303 e. The van der Waals surface area contributed by atoms with Gasteiger partial charge in [0.2, 0.25) is 0 Å². The van der Waals surface area contributed by atoms with Gasteiger partial charge < -0.3 is 4.90 Å². The summed E-state index contributed by atoms with van der Waals surface area (Å²) in [5.41, 5.74) is 2.09. The number of aromatic nitrogens is 7. The average Bonchev–Trinajstić information content (AvgIpc) is 3.36. The van der Waals surface area contributed by atoms with Crippen LogP contribution in [0.25, 0.3) is 0 Å². The van der Waals surface area contributed by atoms with Gasteiger partial charge in [-0.15, -0.1) is 10.2 Å². The lowest BCUT2D eigenvalue weighted by Gasteiger charge is -2.24. The van der Waals surface area contributed by atoms with Crippen LogP contribution in [0.15, 0.2) is 43.1 Å². The van der Waals surface area contributed by atoms with Crippen molar-refractivity contribution in [2.75, 3.05) is 27.2 Å². The van der Waals surface area contributed by atoms with Crippen LogP contribution in [-0.2, 0) is 13.1 Å². The smallest absolute Gasteiger partial charge is 0.0967 e. The highest BCUT2D eigenvalue weighted by molar-refractivity contribution is 5.09. The normalized spacial score (nSPS) is 20.9. The molecule has 0 aromatic carbocycles. The Balaban J connectivity index is 1.41. The summed E-state index contributed by atoms with van der Waals surface area (Å²) in [5, 5.41) is 16.7. The minimum Gasteiger partial charge on any atom is -0.303 e. The van der Waals surface area contributed by atoms with Crippen molar-refractivity contribution >= 4 is 0 Å². The highest BCUT2D eigenvalue weighted by atomic mass is 15.5. The molecular formula is C17H23N9. The molecule has 0 spiro atoms. The molecule has 0 aliphatic carbocycles. The summed E-state index contributed by atoms with van der Waals surface area (Å²) in [6, 6.07) is 4.66. The van der Waals surface area contributed by atoms with E-state index in [1.165, 1.54) is 0 Å². The molecular weight excluding hydrogens is 330 g/mol. The molecule has 9 heteroatoms. The fraction of sp³-hybridized carbons (Fsp3) is 0.471. The summed E-state index contributed by atoms with van der Waals surface area (Å²) in [6.07, 6.45) is 9.32. The van der Waals surface area contributed by atoms with E-state index < -0.39 is 0 Å². The molecule has 1 fully saturated rings. The van der Waals surface area contributed by atoms with E-state index in [2.05, 4.69) is 49.5 Å². The van der Waals surface area contributed by atoms with Crippen molar-refractivity contribution in [1.82, 2.24) is 44.8 Å². The van der Waals surface area contributed by atoms with Crippen molar-refractivity contribution in [2.24, 2.45) is 0 Å². The Kier molecular flexibility index (Phi) is 4.72. The van der Waals surface area contributed by atoms with Crippen LogP contribution in [0.2, 0.25) is 0 Å². The van der Waals surface area contributed by atoms with Crippen LogP contribution in [0.4, 0.5) is 0 Å². The number of likely N-dealkylation sites (N-methyl/N-ethyl adjacent to an activating group) is 1. The first-order valence-corrected chi connectivity index (χ1v) is 8.71. The molecule has 0 N–H and O–H groups in total. The first-order valence-electron chi connectivity index (χ1n) is 8.71. The average molecular weight is 353 g/mol. The number of hydrogen-bond acceptors (Lipinski definition) is 7. The summed E-state index contributed by atoms with van der Waals surface area (Å²) in [6.45, 7) is 3.35. The third kappa shape index (κ3) is 3.63. The lowest BCUT2D eigenvalue weighted by molar-refractivity contribution is 0.237. The van der Waals surface area contributed by atoms with Gasteiger partial charge in [0.05, 0.1) is 30.7 Å². The summed E-state index contributed by atoms with van der Waals surface area (Å²) < 4.78 is 3.82. The van der Waals surface area contributed by atoms with Crippen LogP contribution in [0, 0.1) is 0 Å². The molecule has 0 saturated carbocycles. The molecule has 1 aliphatic heterocycles. The van der Waals surface area contributed by atoms with Gasteiger partial charge in [-0.3, -0.25) is 9.88 Å². The predicted molar refractivity (Wildman–Crippen MR) is 95.2 cm³/mol. The zero-order valence-electron chi connectivity index (χ0n) is 15.0. The fourth-order valence-corrected chi connectivity index (χ4v) is 3.53. The monoisotopic (exact) mass is 353 g/mol. The first-order chi connectivity index (χ1) is 12.7. The lowest BCUT2D eigenvalue weighted by Crippen LogP contribution is -2.36. The minimum atomic E-state index is 0.290. The topological polar surface area (TPSA) is 80.8 Å². The van der Waals surface area contributed by atoms with Crippen LogP contribution < -0.4 is 0 Å². The van der Waals surface area contributed by atoms with Crippen LogP contribution in [-0.4, -0.2) is 78.0 Å². The summed E-state index contributed by atoms with van der Waals surface area (Å²) >= 11 is 0. The second kappa shape index (κ2) is 7.30. The summed E-state index contributed by atoms with van der Waals surface area (Å²) in [7, 11) is 4.23. The van der Waals surface area contributed by atoms with E-state index in [0.717, 1.165) is 30.9 Å². The van der Waals surface area contributed by atoms with E-state index >= 15 is 0 Å². The molecule has 4 heterocycles. The van der Waals surface area contributed by atoms with Crippen LogP contribution in [0.3, 0.4) is 0 Å². The third-order valence-corrected chi connectivity index (χ3v) is 4.82. The molecule has 2 atom stereocenters. The quantitative estimate of drug-likeness (QED) is 0.630. The maximum atomic E-state index is 4.34. The van der Waals surface area contributed by atoms with E-state index in [4.69, 9.17) is 0 Å². The fourth-order valence-electron chi connectivity index (χ4n) is 3.53. The van der Waals surface area contributed by atoms with Gasteiger partial charge in [0.25, 0.3) is 0 Å². The van der Waals surface area contributed by atoms with E-state index in [9.17, 15) is 0 Å².